The highest BCUT2D eigenvalue weighted by atomic mass is 19.4. The summed E-state index contributed by atoms with van der Waals surface area (Å²) in [5.74, 6) is -0.792. The second-order valence-corrected chi connectivity index (χ2v) is 8.49. The van der Waals surface area contributed by atoms with Gasteiger partial charge in [-0.3, -0.25) is 9.59 Å². The number of nitrogens with one attached hydrogen (secondary N) is 3. The van der Waals surface area contributed by atoms with Crippen molar-refractivity contribution >= 4 is 11.8 Å². The molecule has 0 radical (unpaired) electrons. The van der Waals surface area contributed by atoms with Gasteiger partial charge in [-0.2, -0.15) is 26.3 Å². The van der Waals surface area contributed by atoms with Gasteiger partial charge in [0.05, 0.1) is 17.7 Å². The lowest BCUT2D eigenvalue weighted by Gasteiger charge is -2.29. The van der Waals surface area contributed by atoms with E-state index in [1.165, 1.54) is 0 Å². The van der Waals surface area contributed by atoms with Crippen LogP contribution in [0.2, 0.25) is 0 Å². The Morgan fingerprint density at radius 1 is 0.970 bits per heavy atom. The maximum atomic E-state index is 13.0. The number of alkyl halides is 6. The zero-order valence-electron chi connectivity index (χ0n) is 18.5. The van der Waals surface area contributed by atoms with Crippen LogP contribution in [0.15, 0.2) is 18.2 Å². The lowest BCUT2D eigenvalue weighted by molar-refractivity contribution is -0.143. The van der Waals surface area contributed by atoms with Gasteiger partial charge in [0.1, 0.15) is 0 Å². The molecular weight excluding hydrogens is 452 g/mol. The molecule has 1 saturated carbocycles. The largest absolute Gasteiger partial charge is 0.416 e. The van der Waals surface area contributed by atoms with Crippen LogP contribution in [0.25, 0.3) is 0 Å². The molecule has 0 aliphatic heterocycles. The molecule has 33 heavy (non-hydrogen) atoms. The molecule has 1 atom stereocenters. The first-order valence-electron chi connectivity index (χ1n) is 10.9. The van der Waals surface area contributed by atoms with E-state index < -0.39 is 35.0 Å². The highest BCUT2D eigenvalue weighted by Gasteiger charge is 2.37. The molecule has 1 aliphatic carbocycles. The molecule has 11 heteroatoms. The van der Waals surface area contributed by atoms with Gasteiger partial charge < -0.3 is 16.0 Å². The van der Waals surface area contributed by atoms with E-state index in [1.807, 2.05) is 13.8 Å². The minimum atomic E-state index is -5.01. The highest BCUT2D eigenvalue weighted by Crippen LogP contribution is 2.36. The summed E-state index contributed by atoms with van der Waals surface area (Å²) in [5.41, 5.74) is -3.71. The first-order valence-corrected chi connectivity index (χ1v) is 10.9. The summed E-state index contributed by atoms with van der Waals surface area (Å²) >= 11 is 0. The van der Waals surface area contributed by atoms with Crippen molar-refractivity contribution in [2.24, 2.45) is 5.92 Å². The van der Waals surface area contributed by atoms with Crippen molar-refractivity contribution < 1.29 is 35.9 Å². The van der Waals surface area contributed by atoms with Gasteiger partial charge in [-0.15, -0.1) is 0 Å². The number of benzene rings is 1. The average Bonchev–Trinajstić information content (AvgIpc) is 2.73. The van der Waals surface area contributed by atoms with Crippen molar-refractivity contribution in [2.45, 2.75) is 70.4 Å². The topological polar surface area (TPSA) is 70.2 Å². The Morgan fingerprint density at radius 2 is 1.52 bits per heavy atom. The van der Waals surface area contributed by atoms with Gasteiger partial charge in [-0.1, -0.05) is 6.92 Å². The third-order valence-electron chi connectivity index (χ3n) is 5.77. The second kappa shape index (κ2) is 11.2. The zero-order valence-corrected chi connectivity index (χ0v) is 18.5. The third-order valence-corrected chi connectivity index (χ3v) is 5.77. The lowest BCUT2D eigenvalue weighted by atomic mass is 9.86. The molecule has 1 unspecified atom stereocenters. The van der Waals surface area contributed by atoms with E-state index in [0.717, 1.165) is 6.42 Å². The first-order chi connectivity index (χ1) is 15.3. The molecule has 0 aromatic heterocycles. The summed E-state index contributed by atoms with van der Waals surface area (Å²) in [7, 11) is 0. The fraction of sp³-hybridized carbons (Fsp3) is 0.636. The molecule has 2 amide bonds. The monoisotopic (exact) mass is 481 g/mol. The second-order valence-electron chi connectivity index (χ2n) is 8.49. The Balaban J connectivity index is 1.88. The Bertz CT molecular complexity index is 785. The van der Waals surface area contributed by atoms with Crippen LogP contribution in [0, 0.1) is 5.92 Å². The van der Waals surface area contributed by atoms with Crippen LogP contribution in [-0.4, -0.2) is 37.0 Å². The maximum Gasteiger partial charge on any atom is 0.416 e. The smallest absolute Gasteiger partial charge is 0.353 e. The van der Waals surface area contributed by atoms with E-state index >= 15 is 0 Å². The normalized spacial score (nSPS) is 20.2. The minimum Gasteiger partial charge on any atom is -0.353 e. The number of hydrogen-bond acceptors (Lipinski definition) is 3. The number of carbonyl (C=O) groups excluding carboxylic acids is 2. The summed E-state index contributed by atoms with van der Waals surface area (Å²) in [6.07, 6.45) is -6.67. The van der Waals surface area contributed by atoms with Crippen molar-refractivity contribution in [3.8, 4) is 0 Å². The van der Waals surface area contributed by atoms with Gasteiger partial charge in [-0.25, -0.2) is 0 Å². The highest BCUT2D eigenvalue weighted by molar-refractivity contribution is 5.94. The SMILES string of the molecule is CCC(C)NC(=O)CNCC1CCC(NC(=O)c2cc(C(F)(F)F)cc(C(F)(F)F)c2)CC1. The molecule has 1 aliphatic rings. The molecule has 0 saturated heterocycles. The molecule has 1 fully saturated rings. The Hall–Kier alpha value is -2.30. The predicted octanol–water partition coefficient (Wildman–Crippen LogP) is 4.52. The van der Waals surface area contributed by atoms with Gasteiger partial charge in [0.25, 0.3) is 5.91 Å². The van der Waals surface area contributed by atoms with E-state index in [0.29, 0.717) is 44.4 Å². The van der Waals surface area contributed by atoms with Crippen LogP contribution >= 0.6 is 0 Å². The summed E-state index contributed by atoms with van der Waals surface area (Å²) < 4.78 is 78.0. The van der Waals surface area contributed by atoms with Crippen LogP contribution in [-0.2, 0) is 17.1 Å². The van der Waals surface area contributed by atoms with Crippen molar-refractivity contribution in [3.63, 3.8) is 0 Å². The lowest BCUT2D eigenvalue weighted by Crippen LogP contribution is -2.42. The fourth-order valence-corrected chi connectivity index (χ4v) is 3.68. The average molecular weight is 481 g/mol. The molecule has 5 nitrogen and oxygen atoms in total. The van der Waals surface area contributed by atoms with E-state index in [2.05, 4.69) is 16.0 Å². The first kappa shape index (κ1) is 26.9. The van der Waals surface area contributed by atoms with Crippen molar-refractivity contribution in [1.82, 2.24) is 16.0 Å². The predicted molar refractivity (Wildman–Crippen MR) is 110 cm³/mol. The van der Waals surface area contributed by atoms with Crippen molar-refractivity contribution in [3.05, 3.63) is 34.9 Å². The molecule has 3 N–H and O–H groups in total. The Labute approximate surface area is 188 Å². The van der Waals surface area contributed by atoms with Crippen LogP contribution < -0.4 is 16.0 Å². The number of halogens is 6. The number of carbonyl (C=O) groups is 2. The fourth-order valence-electron chi connectivity index (χ4n) is 3.68. The Morgan fingerprint density at radius 3 is 2.00 bits per heavy atom. The summed E-state index contributed by atoms with van der Waals surface area (Å²) in [5, 5.41) is 8.50. The minimum absolute atomic E-state index is 0.00183. The molecule has 1 aromatic carbocycles. The quantitative estimate of drug-likeness (QED) is 0.479. The molecule has 1 aromatic rings. The van der Waals surface area contributed by atoms with Gasteiger partial charge in [0.15, 0.2) is 0 Å². The van der Waals surface area contributed by atoms with E-state index in [1.54, 1.807) is 0 Å². The van der Waals surface area contributed by atoms with Crippen molar-refractivity contribution in [1.29, 1.82) is 0 Å². The van der Waals surface area contributed by atoms with Crippen LogP contribution in [0.1, 0.15) is 67.4 Å². The van der Waals surface area contributed by atoms with Gasteiger partial charge >= 0.3 is 12.4 Å². The van der Waals surface area contributed by atoms with Crippen LogP contribution in [0.3, 0.4) is 0 Å². The zero-order chi connectivity index (χ0) is 24.8. The summed E-state index contributed by atoms with van der Waals surface area (Å²) in [6, 6.07) is 0.626. The van der Waals surface area contributed by atoms with Gasteiger partial charge in [-0.05, 0) is 69.7 Å². The Kier molecular flexibility index (Phi) is 9.16. The van der Waals surface area contributed by atoms with Gasteiger partial charge in [0.2, 0.25) is 5.91 Å². The van der Waals surface area contributed by atoms with Crippen molar-refractivity contribution in [2.75, 3.05) is 13.1 Å². The molecule has 186 valence electrons. The summed E-state index contributed by atoms with van der Waals surface area (Å²) in [4.78, 5) is 24.2. The number of rotatable bonds is 8. The molecule has 0 bridgehead atoms. The number of amides is 2. The molecule has 0 heterocycles. The van der Waals surface area contributed by atoms with E-state index in [4.69, 9.17) is 0 Å². The molecular formula is C22H29F6N3O2. The van der Waals surface area contributed by atoms with Gasteiger partial charge in [0, 0.05) is 17.6 Å². The van der Waals surface area contributed by atoms with E-state index in [9.17, 15) is 35.9 Å². The number of hydrogen-bond donors (Lipinski definition) is 3. The van der Waals surface area contributed by atoms with E-state index in [-0.39, 0.29) is 36.5 Å². The van der Waals surface area contributed by atoms with Crippen LogP contribution in [0.4, 0.5) is 26.3 Å². The standard InChI is InChI=1S/C22H29F6N3O2/c1-3-13(2)30-19(32)12-29-11-14-4-6-18(7-5-14)31-20(33)15-8-16(21(23,24)25)10-17(9-15)22(26,27)28/h8-10,13-14,18,29H,3-7,11-12H2,1-2H3,(H,30,32)(H,31,33). The molecule has 0 spiro atoms. The molecule has 2 rings (SSSR count). The maximum absolute atomic E-state index is 13.0. The van der Waals surface area contributed by atoms with Crippen LogP contribution in [0.5, 0.6) is 0 Å². The summed E-state index contributed by atoms with van der Waals surface area (Å²) in [6.45, 7) is 4.68. The third kappa shape index (κ3) is 8.53.